The molecule has 1 saturated carbocycles. The standard InChI is InChI=1S/C16H19ClN4/c1-10-6-7-12(8-13(10)17)16-19-14(9-15(20-16)21-18)11-4-2-3-5-11/h6-9,11H,2-5,18H2,1H3,(H,19,20,21). The quantitative estimate of drug-likeness (QED) is 0.663. The van der Waals surface area contributed by atoms with Crippen molar-refractivity contribution >= 4 is 17.4 Å². The summed E-state index contributed by atoms with van der Waals surface area (Å²) in [6.45, 7) is 1.98. The lowest BCUT2D eigenvalue weighted by Gasteiger charge is -2.12. The van der Waals surface area contributed by atoms with E-state index >= 15 is 0 Å². The number of nitrogen functional groups attached to an aromatic ring is 1. The molecule has 0 saturated heterocycles. The largest absolute Gasteiger partial charge is 0.308 e. The molecule has 1 fully saturated rings. The highest BCUT2D eigenvalue weighted by Gasteiger charge is 2.20. The van der Waals surface area contributed by atoms with Gasteiger partial charge >= 0.3 is 0 Å². The molecule has 1 aromatic heterocycles. The van der Waals surface area contributed by atoms with Crippen LogP contribution in [0.25, 0.3) is 11.4 Å². The van der Waals surface area contributed by atoms with Crippen LogP contribution < -0.4 is 11.3 Å². The van der Waals surface area contributed by atoms with Crippen molar-refractivity contribution in [3.8, 4) is 11.4 Å². The van der Waals surface area contributed by atoms with Gasteiger partial charge in [-0.2, -0.15) is 0 Å². The van der Waals surface area contributed by atoms with Gasteiger partial charge in [-0.05, 0) is 31.4 Å². The molecular weight excluding hydrogens is 284 g/mol. The van der Waals surface area contributed by atoms with Gasteiger partial charge < -0.3 is 5.43 Å². The minimum Gasteiger partial charge on any atom is -0.308 e. The fraction of sp³-hybridized carbons (Fsp3) is 0.375. The zero-order valence-electron chi connectivity index (χ0n) is 12.1. The van der Waals surface area contributed by atoms with Crippen molar-refractivity contribution in [3.05, 3.63) is 40.5 Å². The van der Waals surface area contributed by atoms with Crippen LogP contribution in [0.2, 0.25) is 5.02 Å². The number of hydrogen-bond donors (Lipinski definition) is 2. The van der Waals surface area contributed by atoms with Crippen LogP contribution in [-0.2, 0) is 0 Å². The predicted molar refractivity (Wildman–Crippen MR) is 86.2 cm³/mol. The van der Waals surface area contributed by atoms with Crippen molar-refractivity contribution in [1.29, 1.82) is 0 Å². The molecule has 21 heavy (non-hydrogen) atoms. The number of nitrogens with zero attached hydrogens (tertiary/aromatic N) is 2. The molecule has 0 bridgehead atoms. The Morgan fingerprint density at radius 2 is 1.95 bits per heavy atom. The Labute approximate surface area is 129 Å². The van der Waals surface area contributed by atoms with Gasteiger partial charge in [-0.25, -0.2) is 15.8 Å². The first-order valence-corrected chi connectivity index (χ1v) is 7.67. The zero-order chi connectivity index (χ0) is 14.8. The van der Waals surface area contributed by atoms with E-state index in [2.05, 4.69) is 10.4 Å². The second kappa shape index (κ2) is 6.00. The topological polar surface area (TPSA) is 63.8 Å². The molecule has 2 aromatic rings. The van der Waals surface area contributed by atoms with Gasteiger partial charge in [0.25, 0.3) is 0 Å². The van der Waals surface area contributed by atoms with Gasteiger partial charge in [0, 0.05) is 28.3 Å². The third kappa shape index (κ3) is 3.01. The van der Waals surface area contributed by atoms with E-state index in [1.165, 1.54) is 25.7 Å². The van der Waals surface area contributed by atoms with Crippen LogP contribution in [0.3, 0.4) is 0 Å². The maximum absolute atomic E-state index is 6.21. The number of hydrogen-bond acceptors (Lipinski definition) is 4. The van der Waals surface area contributed by atoms with E-state index in [1.807, 2.05) is 31.2 Å². The summed E-state index contributed by atoms with van der Waals surface area (Å²) in [5.74, 6) is 7.39. The number of aromatic nitrogens is 2. The van der Waals surface area contributed by atoms with E-state index in [0.29, 0.717) is 17.6 Å². The summed E-state index contributed by atoms with van der Waals surface area (Å²) in [5.41, 5.74) is 5.68. The molecule has 1 aliphatic carbocycles. The smallest absolute Gasteiger partial charge is 0.161 e. The molecule has 0 atom stereocenters. The summed E-state index contributed by atoms with van der Waals surface area (Å²) in [6.07, 6.45) is 4.92. The van der Waals surface area contributed by atoms with Crippen molar-refractivity contribution in [2.24, 2.45) is 5.84 Å². The van der Waals surface area contributed by atoms with Gasteiger partial charge in [-0.1, -0.05) is 36.6 Å². The SMILES string of the molecule is Cc1ccc(-c2nc(NN)cc(C3CCCC3)n2)cc1Cl. The van der Waals surface area contributed by atoms with Crippen molar-refractivity contribution in [2.75, 3.05) is 5.43 Å². The van der Waals surface area contributed by atoms with Crippen LogP contribution in [0, 0.1) is 6.92 Å². The first-order valence-electron chi connectivity index (χ1n) is 7.29. The summed E-state index contributed by atoms with van der Waals surface area (Å²) in [4.78, 5) is 9.20. The Bertz CT molecular complexity index is 651. The van der Waals surface area contributed by atoms with E-state index in [-0.39, 0.29) is 0 Å². The van der Waals surface area contributed by atoms with Crippen LogP contribution in [0.15, 0.2) is 24.3 Å². The first kappa shape index (κ1) is 14.3. The minimum absolute atomic E-state index is 0.514. The number of nitrogens with one attached hydrogen (secondary N) is 1. The first-order chi connectivity index (χ1) is 10.2. The van der Waals surface area contributed by atoms with Crippen LogP contribution in [0.4, 0.5) is 5.82 Å². The van der Waals surface area contributed by atoms with E-state index in [1.54, 1.807) is 0 Å². The molecule has 3 rings (SSSR count). The lowest BCUT2D eigenvalue weighted by atomic mass is 10.0. The minimum atomic E-state index is 0.514. The number of nitrogens with two attached hydrogens (primary N) is 1. The van der Waals surface area contributed by atoms with Crippen LogP contribution in [0.5, 0.6) is 0 Å². The normalized spacial score (nSPS) is 15.4. The third-order valence-electron chi connectivity index (χ3n) is 4.10. The van der Waals surface area contributed by atoms with Crippen LogP contribution in [0.1, 0.15) is 42.9 Å². The monoisotopic (exact) mass is 302 g/mol. The molecule has 1 aliphatic rings. The fourth-order valence-corrected chi connectivity index (χ4v) is 3.01. The Morgan fingerprint density at radius 3 is 2.62 bits per heavy atom. The molecular formula is C16H19ClN4. The fourth-order valence-electron chi connectivity index (χ4n) is 2.83. The number of benzene rings is 1. The van der Waals surface area contributed by atoms with Crippen LogP contribution >= 0.6 is 11.6 Å². The highest BCUT2D eigenvalue weighted by Crippen LogP contribution is 2.34. The Balaban J connectivity index is 2.04. The summed E-state index contributed by atoms with van der Waals surface area (Å²) in [7, 11) is 0. The maximum atomic E-state index is 6.21. The summed E-state index contributed by atoms with van der Waals surface area (Å²) >= 11 is 6.21. The Kier molecular flexibility index (Phi) is 4.08. The highest BCUT2D eigenvalue weighted by molar-refractivity contribution is 6.31. The molecule has 1 aromatic carbocycles. The zero-order valence-corrected chi connectivity index (χ0v) is 12.8. The van der Waals surface area contributed by atoms with Gasteiger partial charge in [-0.3, -0.25) is 0 Å². The molecule has 0 unspecified atom stereocenters. The lowest BCUT2D eigenvalue weighted by Crippen LogP contribution is -2.11. The average Bonchev–Trinajstić information content (AvgIpc) is 3.04. The van der Waals surface area contributed by atoms with E-state index < -0.39 is 0 Å². The molecule has 0 radical (unpaired) electrons. The van der Waals surface area contributed by atoms with E-state index in [4.69, 9.17) is 22.4 Å². The van der Waals surface area contributed by atoms with Crippen molar-refractivity contribution in [1.82, 2.24) is 9.97 Å². The lowest BCUT2D eigenvalue weighted by molar-refractivity contribution is 0.695. The second-order valence-corrected chi connectivity index (χ2v) is 6.00. The number of rotatable bonds is 3. The van der Waals surface area contributed by atoms with Gasteiger partial charge in [0.05, 0.1) is 0 Å². The molecule has 110 valence electrons. The molecule has 0 spiro atoms. The maximum Gasteiger partial charge on any atom is 0.161 e. The van der Waals surface area contributed by atoms with Crippen molar-refractivity contribution in [3.63, 3.8) is 0 Å². The predicted octanol–water partition coefficient (Wildman–Crippen LogP) is 4.05. The third-order valence-corrected chi connectivity index (χ3v) is 4.50. The van der Waals surface area contributed by atoms with Gasteiger partial charge in [-0.15, -0.1) is 0 Å². The summed E-state index contributed by atoms with van der Waals surface area (Å²) < 4.78 is 0. The molecule has 4 nitrogen and oxygen atoms in total. The van der Waals surface area contributed by atoms with Crippen molar-refractivity contribution < 1.29 is 0 Å². The van der Waals surface area contributed by atoms with Crippen LogP contribution in [-0.4, -0.2) is 9.97 Å². The van der Waals surface area contributed by atoms with E-state index in [9.17, 15) is 0 Å². The number of aryl methyl sites for hydroxylation is 1. The molecule has 3 N–H and O–H groups in total. The number of anilines is 1. The molecule has 5 heteroatoms. The van der Waals surface area contributed by atoms with Gasteiger partial charge in [0.1, 0.15) is 5.82 Å². The summed E-state index contributed by atoms with van der Waals surface area (Å²) in [5, 5.41) is 0.727. The van der Waals surface area contributed by atoms with Crippen molar-refractivity contribution in [2.45, 2.75) is 38.5 Å². The highest BCUT2D eigenvalue weighted by atomic mass is 35.5. The number of hydrazine groups is 1. The molecule has 0 aliphatic heterocycles. The Hall–Kier alpha value is -1.65. The van der Waals surface area contributed by atoms with Gasteiger partial charge in [0.2, 0.25) is 0 Å². The Morgan fingerprint density at radius 1 is 1.19 bits per heavy atom. The summed E-state index contributed by atoms with van der Waals surface area (Å²) in [6, 6.07) is 7.84. The second-order valence-electron chi connectivity index (χ2n) is 5.59. The van der Waals surface area contributed by atoms with E-state index in [0.717, 1.165) is 21.8 Å². The molecule has 1 heterocycles. The van der Waals surface area contributed by atoms with Gasteiger partial charge in [0.15, 0.2) is 5.82 Å². The average molecular weight is 303 g/mol. The number of halogens is 1. The molecule has 0 amide bonds.